The predicted octanol–water partition coefficient (Wildman–Crippen LogP) is 4.32. The van der Waals surface area contributed by atoms with Crippen molar-refractivity contribution >= 4 is 5.69 Å². The van der Waals surface area contributed by atoms with Crippen LogP contribution in [-0.4, -0.2) is 12.6 Å². The molecule has 0 heterocycles. The van der Waals surface area contributed by atoms with E-state index in [1.807, 2.05) is 6.07 Å². The molecule has 1 aromatic rings. The molecule has 1 N–H and O–H groups in total. The highest BCUT2D eigenvalue weighted by Gasteiger charge is 2.23. The lowest BCUT2D eigenvalue weighted by Crippen LogP contribution is -2.17. The van der Waals surface area contributed by atoms with Gasteiger partial charge in [-0.25, -0.2) is 0 Å². The van der Waals surface area contributed by atoms with Crippen LogP contribution in [0, 0.1) is 11.8 Å². The smallest absolute Gasteiger partial charge is 0.142 e. The molecular weight excluding hydrogens is 222 g/mol. The zero-order chi connectivity index (χ0) is 13.0. The fraction of sp³-hybridized carbons (Fsp3) is 0.625. The zero-order valence-electron chi connectivity index (χ0n) is 11.8. The quantitative estimate of drug-likeness (QED) is 0.774. The molecular formula is C16H25NO. The average molecular weight is 247 g/mol. The Morgan fingerprint density at radius 3 is 2.61 bits per heavy atom. The number of anilines is 1. The van der Waals surface area contributed by atoms with Gasteiger partial charge in [-0.3, -0.25) is 0 Å². The number of hydrogen-bond acceptors (Lipinski definition) is 2. The van der Waals surface area contributed by atoms with E-state index in [0.717, 1.165) is 24.0 Å². The lowest BCUT2D eigenvalue weighted by atomic mass is 10.1. The SMILES string of the molecule is CC(C)COc1ccccc1NC(C)CC1CC1. The summed E-state index contributed by atoms with van der Waals surface area (Å²) in [6.45, 7) is 7.38. The first-order chi connectivity index (χ1) is 8.65. The highest BCUT2D eigenvalue weighted by Crippen LogP contribution is 2.35. The van der Waals surface area contributed by atoms with Gasteiger partial charge in [-0.15, -0.1) is 0 Å². The lowest BCUT2D eigenvalue weighted by molar-refractivity contribution is 0.272. The largest absolute Gasteiger partial charge is 0.491 e. The summed E-state index contributed by atoms with van der Waals surface area (Å²) in [6, 6.07) is 8.79. The van der Waals surface area contributed by atoms with Crippen molar-refractivity contribution in [3.8, 4) is 5.75 Å². The Kier molecular flexibility index (Phi) is 4.51. The maximum atomic E-state index is 5.86. The molecule has 18 heavy (non-hydrogen) atoms. The summed E-state index contributed by atoms with van der Waals surface area (Å²) in [5.41, 5.74) is 1.13. The van der Waals surface area contributed by atoms with Crippen molar-refractivity contribution in [2.24, 2.45) is 11.8 Å². The van der Waals surface area contributed by atoms with Crippen molar-refractivity contribution in [3.05, 3.63) is 24.3 Å². The molecule has 2 rings (SSSR count). The van der Waals surface area contributed by atoms with Gasteiger partial charge < -0.3 is 10.1 Å². The van der Waals surface area contributed by atoms with Crippen molar-refractivity contribution in [2.75, 3.05) is 11.9 Å². The van der Waals surface area contributed by atoms with Crippen molar-refractivity contribution in [1.29, 1.82) is 0 Å². The van der Waals surface area contributed by atoms with Crippen molar-refractivity contribution in [2.45, 2.75) is 46.1 Å². The monoisotopic (exact) mass is 247 g/mol. The summed E-state index contributed by atoms with van der Waals surface area (Å²) < 4.78 is 5.86. The molecule has 1 saturated carbocycles. The van der Waals surface area contributed by atoms with Crippen LogP contribution in [0.4, 0.5) is 5.69 Å². The van der Waals surface area contributed by atoms with Gasteiger partial charge >= 0.3 is 0 Å². The molecule has 1 aliphatic carbocycles. The number of rotatable bonds is 7. The number of ether oxygens (including phenoxy) is 1. The molecule has 2 nitrogen and oxygen atoms in total. The van der Waals surface area contributed by atoms with E-state index in [2.05, 4.69) is 44.3 Å². The third-order valence-electron chi connectivity index (χ3n) is 3.24. The molecule has 0 bridgehead atoms. The average Bonchev–Trinajstić information content (AvgIpc) is 3.11. The summed E-state index contributed by atoms with van der Waals surface area (Å²) in [5.74, 6) is 2.49. The second-order valence-corrected chi connectivity index (χ2v) is 5.93. The maximum absolute atomic E-state index is 5.86. The summed E-state index contributed by atoms with van der Waals surface area (Å²) in [7, 11) is 0. The summed E-state index contributed by atoms with van der Waals surface area (Å²) >= 11 is 0. The first kappa shape index (κ1) is 13.3. The minimum absolute atomic E-state index is 0.529. The molecule has 0 aromatic heterocycles. The van der Waals surface area contributed by atoms with Gasteiger partial charge in [0.2, 0.25) is 0 Å². The van der Waals surface area contributed by atoms with Crippen LogP contribution in [0.3, 0.4) is 0 Å². The lowest BCUT2D eigenvalue weighted by Gasteiger charge is -2.18. The molecule has 1 unspecified atom stereocenters. The van der Waals surface area contributed by atoms with E-state index >= 15 is 0 Å². The van der Waals surface area contributed by atoms with Crippen LogP contribution < -0.4 is 10.1 Å². The summed E-state index contributed by atoms with van der Waals surface area (Å²) in [6.07, 6.45) is 4.10. The number of para-hydroxylation sites is 2. The Morgan fingerprint density at radius 2 is 1.94 bits per heavy atom. The fourth-order valence-corrected chi connectivity index (χ4v) is 2.15. The van der Waals surface area contributed by atoms with Crippen molar-refractivity contribution < 1.29 is 4.74 Å². The normalized spacial score (nSPS) is 16.7. The van der Waals surface area contributed by atoms with Gasteiger partial charge in [0, 0.05) is 6.04 Å². The topological polar surface area (TPSA) is 21.3 Å². The summed E-state index contributed by atoms with van der Waals surface area (Å²) in [4.78, 5) is 0. The molecule has 0 amide bonds. The predicted molar refractivity (Wildman–Crippen MR) is 77.2 cm³/mol. The molecule has 2 heteroatoms. The first-order valence-corrected chi connectivity index (χ1v) is 7.13. The molecule has 1 fully saturated rings. The first-order valence-electron chi connectivity index (χ1n) is 7.13. The van der Waals surface area contributed by atoms with E-state index in [0.29, 0.717) is 12.0 Å². The molecule has 100 valence electrons. The van der Waals surface area contributed by atoms with Crippen LogP contribution >= 0.6 is 0 Å². The Hall–Kier alpha value is -1.18. The number of nitrogens with one attached hydrogen (secondary N) is 1. The Bertz CT molecular complexity index is 371. The van der Waals surface area contributed by atoms with Gasteiger partial charge in [-0.2, -0.15) is 0 Å². The Labute approximate surface area is 111 Å². The Morgan fingerprint density at radius 1 is 1.22 bits per heavy atom. The van der Waals surface area contributed by atoms with Gasteiger partial charge in [-0.1, -0.05) is 38.8 Å². The fourth-order valence-electron chi connectivity index (χ4n) is 2.15. The second kappa shape index (κ2) is 6.12. The van der Waals surface area contributed by atoms with Crippen molar-refractivity contribution in [1.82, 2.24) is 0 Å². The second-order valence-electron chi connectivity index (χ2n) is 5.93. The van der Waals surface area contributed by atoms with E-state index in [9.17, 15) is 0 Å². The molecule has 0 radical (unpaired) electrons. The van der Waals surface area contributed by atoms with Gasteiger partial charge in [0.05, 0.1) is 12.3 Å². The summed E-state index contributed by atoms with van der Waals surface area (Å²) in [5, 5.41) is 3.58. The third-order valence-corrected chi connectivity index (χ3v) is 3.24. The molecule has 0 aliphatic heterocycles. The molecule has 1 aromatic carbocycles. The van der Waals surface area contributed by atoms with Crippen molar-refractivity contribution in [3.63, 3.8) is 0 Å². The van der Waals surface area contributed by atoms with Crippen LogP contribution in [0.25, 0.3) is 0 Å². The van der Waals surface area contributed by atoms with Crippen LogP contribution in [0.15, 0.2) is 24.3 Å². The highest BCUT2D eigenvalue weighted by atomic mass is 16.5. The van der Waals surface area contributed by atoms with E-state index in [-0.39, 0.29) is 0 Å². The number of hydrogen-bond donors (Lipinski definition) is 1. The van der Waals surface area contributed by atoms with Gasteiger partial charge in [0.15, 0.2) is 0 Å². The molecule has 0 spiro atoms. The minimum atomic E-state index is 0.529. The van der Waals surface area contributed by atoms with Crippen LogP contribution in [0.2, 0.25) is 0 Å². The van der Waals surface area contributed by atoms with Gasteiger partial charge in [0.25, 0.3) is 0 Å². The van der Waals surface area contributed by atoms with Crippen LogP contribution in [0.5, 0.6) is 5.75 Å². The van der Waals surface area contributed by atoms with E-state index in [4.69, 9.17) is 4.74 Å². The van der Waals surface area contributed by atoms with E-state index in [1.165, 1.54) is 19.3 Å². The third kappa shape index (κ3) is 4.25. The van der Waals surface area contributed by atoms with Gasteiger partial charge in [0.1, 0.15) is 5.75 Å². The maximum Gasteiger partial charge on any atom is 0.142 e. The van der Waals surface area contributed by atoms with E-state index < -0.39 is 0 Å². The molecule has 0 saturated heterocycles. The van der Waals surface area contributed by atoms with Gasteiger partial charge in [-0.05, 0) is 37.3 Å². The molecule has 1 aliphatic rings. The standard InChI is InChI=1S/C16H25NO/c1-12(2)11-18-16-7-5-4-6-15(16)17-13(3)10-14-8-9-14/h4-7,12-14,17H,8-11H2,1-3H3. The Balaban J connectivity index is 1.92. The molecule has 1 atom stereocenters. The number of benzene rings is 1. The minimum Gasteiger partial charge on any atom is -0.491 e. The zero-order valence-corrected chi connectivity index (χ0v) is 11.8. The van der Waals surface area contributed by atoms with Crippen LogP contribution in [0.1, 0.15) is 40.0 Å². The van der Waals surface area contributed by atoms with Crippen LogP contribution in [-0.2, 0) is 0 Å². The van der Waals surface area contributed by atoms with E-state index in [1.54, 1.807) is 0 Å². The highest BCUT2D eigenvalue weighted by molar-refractivity contribution is 5.56.